The number of hydrogen-bond donors (Lipinski definition) is 2. The van der Waals surface area contributed by atoms with Gasteiger partial charge in [0, 0.05) is 26.3 Å². The Labute approximate surface area is 122 Å². The van der Waals surface area contributed by atoms with Crippen LogP contribution in [0.25, 0.3) is 0 Å². The molecule has 1 aromatic rings. The lowest BCUT2D eigenvalue weighted by atomic mass is 9.79. The molecule has 0 spiro atoms. The van der Waals surface area contributed by atoms with Crippen LogP contribution in [0.4, 0.5) is 4.39 Å². The van der Waals surface area contributed by atoms with Crippen LogP contribution in [0.1, 0.15) is 18.4 Å². The van der Waals surface area contributed by atoms with Crippen LogP contribution in [0.15, 0.2) is 18.2 Å². The summed E-state index contributed by atoms with van der Waals surface area (Å²) in [6, 6.07) is 4.40. The van der Waals surface area contributed by atoms with Gasteiger partial charge in [-0.05, 0) is 30.5 Å². The van der Waals surface area contributed by atoms with Gasteiger partial charge in [0.1, 0.15) is 5.82 Å². The molecule has 4 nitrogen and oxygen atoms in total. The van der Waals surface area contributed by atoms with E-state index in [1.165, 1.54) is 12.1 Å². The third-order valence-corrected chi connectivity index (χ3v) is 4.05. The first-order valence-electron chi connectivity index (χ1n) is 6.57. The smallest absolute Gasteiger partial charge is 0.227 e. The van der Waals surface area contributed by atoms with Crippen LogP contribution in [-0.2, 0) is 16.1 Å². The molecule has 1 fully saturated rings. The van der Waals surface area contributed by atoms with Crippen molar-refractivity contribution in [2.45, 2.75) is 19.4 Å². The van der Waals surface area contributed by atoms with Gasteiger partial charge in [-0.25, -0.2) is 4.39 Å². The second-order valence-corrected chi connectivity index (χ2v) is 5.44. The molecule has 0 unspecified atom stereocenters. The molecule has 0 aromatic heterocycles. The van der Waals surface area contributed by atoms with Gasteiger partial charge in [-0.2, -0.15) is 0 Å². The Morgan fingerprint density at radius 2 is 2.15 bits per heavy atom. The number of carbonyl (C=O) groups is 1. The highest BCUT2D eigenvalue weighted by Gasteiger charge is 2.38. The molecule has 1 saturated heterocycles. The maximum Gasteiger partial charge on any atom is 0.227 e. The fraction of sp³-hybridized carbons (Fsp3) is 0.500. The van der Waals surface area contributed by atoms with Crippen molar-refractivity contribution in [3.05, 3.63) is 34.6 Å². The fourth-order valence-corrected chi connectivity index (χ4v) is 2.51. The molecule has 0 aliphatic carbocycles. The van der Waals surface area contributed by atoms with E-state index in [4.69, 9.17) is 22.1 Å². The third kappa shape index (κ3) is 3.29. The van der Waals surface area contributed by atoms with Gasteiger partial charge in [-0.1, -0.05) is 17.7 Å². The molecule has 1 heterocycles. The van der Waals surface area contributed by atoms with Crippen LogP contribution in [0, 0.1) is 11.2 Å². The van der Waals surface area contributed by atoms with Crippen molar-refractivity contribution in [2.24, 2.45) is 11.1 Å². The average molecular weight is 301 g/mol. The lowest BCUT2D eigenvalue weighted by molar-refractivity contribution is -0.136. The largest absolute Gasteiger partial charge is 0.381 e. The second kappa shape index (κ2) is 6.52. The van der Waals surface area contributed by atoms with Gasteiger partial charge in [0.05, 0.1) is 10.4 Å². The third-order valence-electron chi connectivity index (χ3n) is 3.76. The first kappa shape index (κ1) is 15.2. The van der Waals surface area contributed by atoms with Crippen LogP contribution < -0.4 is 11.1 Å². The maximum atomic E-state index is 13.1. The molecule has 2 rings (SSSR count). The molecule has 3 N–H and O–H groups in total. The number of nitrogens with one attached hydrogen (secondary N) is 1. The highest BCUT2D eigenvalue weighted by molar-refractivity contribution is 6.30. The van der Waals surface area contributed by atoms with Gasteiger partial charge in [-0.15, -0.1) is 0 Å². The minimum absolute atomic E-state index is 0.0522. The van der Waals surface area contributed by atoms with Crippen molar-refractivity contribution < 1.29 is 13.9 Å². The van der Waals surface area contributed by atoms with E-state index in [0.29, 0.717) is 39.1 Å². The van der Waals surface area contributed by atoms with E-state index >= 15 is 0 Å². The molecule has 0 bridgehead atoms. The van der Waals surface area contributed by atoms with Crippen LogP contribution in [-0.4, -0.2) is 25.7 Å². The Balaban J connectivity index is 1.98. The zero-order valence-electron chi connectivity index (χ0n) is 11.1. The number of nitrogens with two attached hydrogens (primary N) is 1. The molecule has 6 heteroatoms. The highest BCUT2D eigenvalue weighted by Crippen LogP contribution is 2.29. The van der Waals surface area contributed by atoms with Crippen molar-refractivity contribution in [3.8, 4) is 0 Å². The van der Waals surface area contributed by atoms with E-state index in [9.17, 15) is 9.18 Å². The summed E-state index contributed by atoms with van der Waals surface area (Å²) in [5.74, 6) is -0.548. The van der Waals surface area contributed by atoms with Crippen LogP contribution in [0.3, 0.4) is 0 Å². The quantitative estimate of drug-likeness (QED) is 0.892. The number of amides is 1. The zero-order valence-corrected chi connectivity index (χ0v) is 11.9. The molecule has 20 heavy (non-hydrogen) atoms. The van der Waals surface area contributed by atoms with Crippen molar-refractivity contribution in [3.63, 3.8) is 0 Å². The number of benzene rings is 1. The molecule has 1 aromatic carbocycles. The van der Waals surface area contributed by atoms with Crippen LogP contribution in [0.2, 0.25) is 5.02 Å². The molecule has 0 radical (unpaired) electrons. The first-order chi connectivity index (χ1) is 9.57. The summed E-state index contributed by atoms with van der Waals surface area (Å²) in [5.41, 5.74) is 5.97. The van der Waals surface area contributed by atoms with Crippen LogP contribution in [0.5, 0.6) is 0 Å². The topological polar surface area (TPSA) is 64.4 Å². The SMILES string of the molecule is NCC1(C(=O)NCc2ccc(F)c(Cl)c2)CCOCC1. The number of halogens is 2. The Bertz CT molecular complexity index is 490. The van der Waals surface area contributed by atoms with E-state index in [1.807, 2.05) is 0 Å². The molecule has 0 saturated carbocycles. The van der Waals surface area contributed by atoms with Crippen molar-refractivity contribution in [1.82, 2.24) is 5.32 Å². The monoisotopic (exact) mass is 300 g/mol. The summed E-state index contributed by atoms with van der Waals surface area (Å²) in [5, 5.41) is 2.90. The van der Waals surface area contributed by atoms with Gasteiger partial charge < -0.3 is 15.8 Å². The molecule has 1 aliphatic heterocycles. The van der Waals surface area contributed by atoms with Crippen molar-refractivity contribution in [1.29, 1.82) is 0 Å². The highest BCUT2D eigenvalue weighted by atomic mass is 35.5. The Morgan fingerprint density at radius 3 is 2.75 bits per heavy atom. The summed E-state index contributed by atoms with van der Waals surface area (Å²) in [4.78, 5) is 12.3. The molecular weight excluding hydrogens is 283 g/mol. The zero-order chi connectivity index (χ0) is 14.6. The van der Waals surface area contributed by atoms with Gasteiger partial charge in [0.25, 0.3) is 0 Å². The van der Waals surface area contributed by atoms with Gasteiger partial charge in [0.2, 0.25) is 5.91 Å². The normalized spacial score (nSPS) is 17.8. The number of ether oxygens (including phenoxy) is 1. The Morgan fingerprint density at radius 1 is 1.45 bits per heavy atom. The van der Waals surface area contributed by atoms with Gasteiger partial charge >= 0.3 is 0 Å². The molecule has 0 atom stereocenters. The first-order valence-corrected chi connectivity index (χ1v) is 6.95. The summed E-state index contributed by atoms with van der Waals surface area (Å²) in [6.45, 7) is 1.70. The maximum absolute atomic E-state index is 13.1. The molecule has 1 aliphatic rings. The van der Waals surface area contributed by atoms with Gasteiger partial charge in [-0.3, -0.25) is 4.79 Å². The summed E-state index contributed by atoms with van der Waals surface area (Å²) in [7, 11) is 0. The number of rotatable bonds is 4. The van der Waals surface area contributed by atoms with E-state index in [-0.39, 0.29) is 10.9 Å². The van der Waals surface area contributed by atoms with Gasteiger partial charge in [0.15, 0.2) is 0 Å². The lowest BCUT2D eigenvalue weighted by Crippen LogP contribution is -2.48. The number of carbonyl (C=O) groups excluding carboxylic acids is 1. The molecular formula is C14H18ClFN2O2. The lowest BCUT2D eigenvalue weighted by Gasteiger charge is -2.34. The Kier molecular flexibility index (Phi) is 4.96. The second-order valence-electron chi connectivity index (χ2n) is 5.03. The predicted molar refractivity (Wildman–Crippen MR) is 74.8 cm³/mol. The van der Waals surface area contributed by atoms with Crippen molar-refractivity contribution in [2.75, 3.05) is 19.8 Å². The summed E-state index contributed by atoms with van der Waals surface area (Å²) >= 11 is 5.71. The summed E-state index contributed by atoms with van der Waals surface area (Å²) < 4.78 is 18.3. The minimum Gasteiger partial charge on any atom is -0.381 e. The molecule has 1 amide bonds. The number of hydrogen-bond acceptors (Lipinski definition) is 3. The average Bonchev–Trinajstić information content (AvgIpc) is 2.48. The van der Waals surface area contributed by atoms with E-state index in [1.54, 1.807) is 6.07 Å². The summed E-state index contributed by atoms with van der Waals surface area (Å²) in [6.07, 6.45) is 1.25. The van der Waals surface area contributed by atoms with E-state index in [0.717, 1.165) is 5.56 Å². The van der Waals surface area contributed by atoms with E-state index < -0.39 is 11.2 Å². The molecule has 110 valence electrons. The van der Waals surface area contributed by atoms with Crippen molar-refractivity contribution >= 4 is 17.5 Å². The van der Waals surface area contributed by atoms with E-state index in [2.05, 4.69) is 5.32 Å². The Hall–Kier alpha value is -1.17. The minimum atomic E-state index is -0.553. The standard InChI is InChI=1S/C14H18ClFN2O2/c15-11-7-10(1-2-12(11)16)8-18-13(19)14(9-17)3-5-20-6-4-14/h1-2,7H,3-6,8-9,17H2,(H,18,19). The predicted octanol–water partition coefficient (Wildman–Crippen LogP) is 1.85. The fourth-order valence-electron chi connectivity index (χ4n) is 2.31. The van der Waals surface area contributed by atoms with Crippen LogP contribution >= 0.6 is 11.6 Å².